The van der Waals surface area contributed by atoms with E-state index in [0.29, 0.717) is 0 Å². The fourth-order valence-corrected chi connectivity index (χ4v) is 3.90. The molecule has 0 N–H and O–H groups in total. The highest BCUT2D eigenvalue weighted by atomic mass is 79.9. The van der Waals surface area contributed by atoms with E-state index in [1.807, 2.05) is 0 Å². The smallest absolute Gasteiger partial charge is 0.132 e. The molecule has 0 aromatic rings. The highest BCUT2D eigenvalue weighted by Gasteiger charge is 1.80. The van der Waals surface area contributed by atoms with Crippen LogP contribution in [0.1, 0.15) is 0 Å². The molecule has 6 heavy (non-hydrogen) atoms. The summed E-state index contributed by atoms with van der Waals surface area (Å²) < 4.78 is 0. The summed E-state index contributed by atoms with van der Waals surface area (Å²) in [6.45, 7) is 0. The molecule has 0 atom stereocenters. The Kier molecular flexibility index (Phi) is 7.29. The van der Waals surface area contributed by atoms with Gasteiger partial charge in [-0.1, -0.05) is 11.3 Å². The molecular weight excluding hydrogens is 188 g/mol. The number of hydrogen-bond donors (Lipinski definition) is 0. The van der Waals surface area contributed by atoms with Gasteiger partial charge in [0.05, 0.1) is 0 Å². The summed E-state index contributed by atoms with van der Waals surface area (Å²) in [6, 6.07) is 0. The van der Waals surface area contributed by atoms with Crippen LogP contribution in [0.2, 0.25) is 11.3 Å². The minimum absolute atomic E-state index is 0.958. The maximum Gasteiger partial charge on any atom is 0.133 e. The molecule has 0 aromatic carbocycles. The van der Waals surface area contributed by atoms with Gasteiger partial charge in [-0.25, -0.2) is 0 Å². The molecule has 0 bridgehead atoms. The Morgan fingerprint density at radius 3 is 2.50 bits per heavy atom. The Hall–Kier alpha value is 1.13. The first kappa shape index (κ1) is 7.13. The molecule has 0 unspecified atom stereocenters. The van der Waals surface area contributed by atoms with Gasteiger partial charge in [-0.3, -0.25) is 0 Å². The Morgan fingerprint density at radius 2 is 2.33 bits per heavy atom. The molecule has 7 radical (unpaired) electrons. The molecule has 0 amide bonds. The molecule has 0 spiro atoms. The SMILES string of the molecule is [Si]C[Si]C[Si]Br. The molecule has 0 saturated heterocycles. The van der Waals surface area contributed by atoms with E-state index in [-0.39, 0.29) is 0 Å². The van der Waals surface area contributed by atoms with Crippen LogP contribution in [0.3, 0.4) is 0 Å². The van der Waals surface area contributed by atoms with Gasteiger partial charge < -0.3 is 0 Å². The van der Waals surface area contributed by atoms with Crippen LogP contribution in [0, 0.1) is 0 Å². The molecule has 0 aliphatic rings. The maximum atomic E-state index is 3.39. The van der Waals surface area contributed by atoms with Gasteiger partial charge in [0.1, 0.15) is 8.14 Å². The second-order valence-electron chi connectivity index (χ2n) is 0.737. The van der Waals surface area contributed by atoms with E-state index in [9.17, 15) is 0 Å². The van der Waals surface area contributed by atoms with Crippen LogP contribution < -0.4 is 0 Å². The minimum atomic E-state index is 0.958. The van der Waals surface area contributed by atoms with Crippen molar-refractivity contribution in [3.8, 4) is 0 Å². The first-order chi connectivity index (χ1) is 2.91. The van der Waals surface area contributed by atoms with E-state index in [1.165, 1.54) is 11.3 Å². The summed E-state index contributed by atoms with van der Waals surface area (Å²) >= 11 is 3.36. The first-order valence-corrected chi connectivity index (χ1v) is 7.19. The van der Waals surface area contributed by atoms with Gasteiger partial charge in [-0.05, 0) is 0 Å². The van der Waals surface area contributed by atoms with E-state index >= 15 is 0 Å². The molecular formula is C2H4BrSi3. The van der Waals surface area contributed by atoms with Gasteiger partial charge in [0, 0.05) is 19.8 Å². The van der Waals surface area contributed by atoms with Crippen LogP contribution in [-0.2, 0) is 0 Å². The van der Waals surface area contributed by atoms with Crippen molar-refractivity contribution in [2.75, 3.05) is 0 Å². The summed E-state index contributed by atoms with van der Waals surface area (Å²) in [7, 11) is 5.44. The van der Waals surface area contributed by atoms with Gasteiger partial charge in [0.15, 0.2) is 0 Å². The molecule has 0 aromatic heterocycles. The van der Waals surface area contributed by atoms with Crippen molar-refractivity contribution >= 4 is 43.2 Å². The Morgan fingerprint density at radius 1 is 1.67 bits per heavy atom. The van der Waals surface area contributed by atoms with Gasteiger partial charge in [0.2, 0.25) is 0 Å². The summed E-state index contributed by atoms with van der Waals surface area (Å²) in [6.07, 6.45) is 0. The van der Waals surface area contributed by atoms with E-state index in [1.54, 1.807) is 0 Å². The average Bonchev–Trinajstić information content (AvgIpc) is 1.61. The van der Waals surface area contributed by atoms with Crippen molar-refractivity contribution in [1.29, 1.82) is 0 Å². The van der Waals surface area contributed by atoms with Gasteiger partial charge in [-0.2, -0.15) is 0 Å². The average molecular weight is 192 g/mol. The summed E-state index contributed by atoms with van der Waals surface area (Å²) in [5.74, 6) is 0. The number of halogens is 1. The standard InChI is InChI=1S/C2H4BrSi3/c3-6-2-5-1-4/h1-2H2. The summed E-state index contributed by atoms with van der Waals surface area (Å²) in [5, 5.41) is 0. The van der Waals surface area contributed by atoms with Crippen molar-refractivity contribution in [1.82, 2.24) is 0 Å². The second-order valence-corrected chi connectivity index (χ2v) is 6.02. The normalized spacial score (nSPS) is 9.00. The molecule has 4 heteroatoms. The summed E-state index contributed by atoms with van der Waals surface area (Å²) in [4.78, 5) is 0. The van der Waals surface area contributed by atoms with Gasteiger partial charge in [-0.15, -0.1) is 15.3 Å². The largest absolute Gasteiger partial charge is 0.133 e. The molecule has 0 saturated carbocycles. The third kappa shape index (κ3) is 5.13. The van der Waals surface area contributed by atoms with Crippen LogP contribution >= 0.6 is 15.3 Å². The minimum Gasteiger partial charge on any atom is -0.132 e. The van der Waals surface area contributed by atoms with Crippen LogP contribution in [0.5, 0.6) is 0 Å². The van der Waals surface area contributed by atoms with E-state index in [2.05, 4.69) is 25.5 Å². The number of rotatable bonds is 3. The fourth-order valence-electron chi connectivity index (χ4n) is 0.110. The first-order valence-electron chi connectivity index (χ1n) is 1.60. The molecule has 0 nitrogen and oxygen atoms in total. The lowest BCUT2D eigenvalue weighted by Gasteiger charge is -1.81. The van der Waals surface area contributed by atoms with Gasteiger partial charge in [0.25, 0.3) is 0 Å². The van der Waals surface area contributed by atoms with E-state index < -0.39 is 0 Å². The van der Waals surface area contributed by atoms with Crippen molar-refractivity contribution in [3.63, 3.8) is 0 Å². The molecule has 0 fully saturated rings. The third-order valence-electron chi connectivity index (χ3n) is 0.317. The second kappa shape index (κ2) is 6.13. The predicted molar refractivity (Wildman–Crippen MR) is 35.8 cm³/mol. The van der Waals surface area contributed by atoms with Crippen LogP contribution in [0.4, 0.5) is 0 Å². The fraction of sp³-hybridized carbons (Fsp3) is 1.00. The lowest BCUT2D eigenvalue weighted by atomic mass is 11.8. The zero-order valence-electron chi connectivity index (χ0n) is 3.29. The topological polar surface area (TPSA) is 0 Å². The van der Waals surface area contributed by atoms with Crippen LogP contribution in [0.25, 0.3) is 0 Å². The highest BCUT2D eigenvalue weighted by Crippen LogP contribution is 1.82. The van der Waals surface area contributed by atoms with E-state index in [4.69, 9.17) is 0 Å². The Labute approximate surface area is 54.7 Å². The zero-order chi connectivity index (χ0) is 4.83. The van der Waals surface area contributed by atoms with Crippen LogP contribution in [-0.4, -0.2) is 27.9 Å². The maximum absolute atomic E-state index is 3.39. The predicted octanol–water partition coefficient (Wildman–Crippen LogP) is 0.625. The highest BCUT2D eigenvalue weighted by molar-refractivity contribution is 9.23. The Bertz CT molecular complexity index is 20.8. The number of hydrogen-bond acceptors (Lipinski definition) is 0. The lowest BCUT2D eigenvalue weighted by molar-refractivity contribution is 1.91. The van der Waals surface area contributed by atoms with Crippen molar-refractivity contribution in [2.24, 2.45) is 0 Å². The quantitative estimate of drug-likeness (QED) is 0.349. The zero-order valence-corrected chi connectivity index (χ0v) is 7.88. The third-order valence-corrected chi connectivity index (χ3v) is 5.37. The lowest BCUT2D eigenvalue weighted by Crippen LogP contribution is -1.89. The molecule has 0 heterocycles. The van der Waals surface area contributed by atoms with Gasteiger partial charge >= 0.3 is 0 Å². The van der Waals surface area contributed by atoms with Crippen molar-refractivity contribution in [3.05, 3.63) is 0 Å². The Balaban J connectivity index is 2.34. The van der Waals surface area contributed by atoms with Crippen molar-refractivity contribution < 1.29 is 0 Å². The molecule has 0 aliphatic heterocycles. The monoisotopic (exact) mass is 191 g/mol. The van der Waals surface area contributed by atoms with E-state index in [0.717, 1.165) is 17.7 Å². The summed E-state index contributed by atoms with van der Waals surface area (Å²) in [5.41, 5.74) is 2.50. The molecule has 31 valence electrons. The molecule has 0 aliphatic carbocycles. The van der Waals surface area contributed by atoms with Crippen LogP contribution in [0.15, 0.2) is 0 Å². The van der Waals surface area contributed by atoms with Crippen molar-refractivity contribution in [2.45, 2.75) is 11.3 Å². The molecule has 0 rings (SSSR count).